The Labute approximate surface area is 182 Å². The molecule has 0 aliphatic carbocycles. The quantitative estimate of drug-likeness (QED) is 0.674. The highest BCUT2D eigenvalue weighted by molar-refractivity contribution is 5.95. The predicted molar refractivity (Wildman–Crippen MR) is 117 cm³/mol. The zero-order chi connectivity index (χ0) is 22.7. The van der Waals surface area contributed by atoms with Crippen LogP contribution in [-0.2, 0) is 0 Å². The SMILES string of the molecule is Cc1cc(C(=O)N2CCC[C@H](CN(C(=O)c3ccc(F)c(C)c3)C(C)C)C2)ccc1F. The molecular weight excluding hydrogens is 398 g/mol. The van der Waals surface area contributed by atoms with Crippen molar-refractivity contribution in [1.82, 2.24) is 9.80 Å². The van der Waals surface area contributed by atoms with Gasteiger partial charge in [0.25, 0.3) is 11.8 Å². The second kappa shape index (κ2) is 9.58. The van der Waals surface area contributed by atoms with E-state index in [1.54, 1.807) is 35.8 Å². The molecule has 6 heteroatoms. The summed E-state index contributed by atoms with van der Waals surface area (Å²) in [4.78, 5) is 29.7. The van der Waals surface area contributed by atoms with Gasteiger partial charge >= 0.3 is 0 Å². The van der Waals surface area contributed by atoms with Crippen LogP contribution in [0.3, 0.4) is 0 Å². The number of benzene rings is 2. The summed E-state index contributed by atoms with van der Waals surface area (Å²) in [6.07, 6.45) is 1.78. The maximum Gasteiger partial charge on any atom is 0.254 e. The van der Waals surface area contributed by atoms with Crippen LogP contribution in [0.5, 0.6) is 0 Å². The van der Waals surface area contributed by atoms with Gasteiger partial charge in [-0.05, 0) is 94.0 Å². The van der Waals surface area contributed by atoms with Crippen LogP contribution in [0.2, 0.25) is 0 Å². The van der Waals surface area contributed by atoms with Crippen LogP contribution in [-0.4, -0.2) is 47.3 Å². The number of nitrogens with zero attached hydrogens (tertiary/aromatic N) is 2. The Morgan fingerprint density at radius 1 is 1.03 bits per heavy atom. The lowest BCUT2D eigenvalue weighted by atomic mass is 9.95. The third-order valence-electron chi connectivity index (χ3n) is 5.96. The predicted octanol–water partition coefficient (Wildman–Crippen LogP) is 4.98. The van der Waals surface area contributed by atoms with Gasteiger partial charge in [-0.2, -0.15) is 0 Å². The molecule has 0 spiro atoms. The highest BCUT2D eigenvalue weighted by Crippen LogP contribution is 2.23. The maximum atomic E-state index is 13.6. The lowest BCUT2D eigenvalue weighted by Gasteiger charge is -2.37. The number of carbonyl (C=O) groups excluding carboxylic acids is 2. The zero-order valence-electron chi connectivity index (χ0n) is 18.6. The van der Waals surface area contributed by atoms with E-state index in [0.29, 0.717) is 41.9 Å². The van der Waals surface area contributed by atoms with Crippen molar-refractivity contribution in [1.29, 1.82) is 0 Å². The van der Waals surface area contributed by atoms with Crippen molar-refractivity contribution < 1.29 is 18.4 Å². The maximum absolute atomic E-state index is 13.6. The molecule has 1 aliphatic rings. The molecule has 1 fully saturated rings. The lowest BCUT2D eigenvalue weighted by Crippen LogP contribution is -2.47. The van der Waals surface area contributed by atoms with Crippen LogP contribution in [0.15, 0.2) is 36.4 Å². The second-order valence-corrected chi connectivity index (χ2v) is 8.74. The number of hydrogen-bond acceptors (Lipinski definition) is 2. The number of likely N-dealkylation sites (tertiary alicyclic amines) is 1. The molecule has 0 saturated carbocycles. The zero-order valence-corrected chi connectivity index (χ0v) is 18.6. The van der Waals surface area contributed by atoms with E-state index in [1.165, 1.54) is 24.3 Å². The molecule has 31 heavy (non-hydrogen) atoms. The fourth-order valence-electron chi connectivity index (χ4n) is 4.11. The molecule has 1 saturated heterocycles. The van der Waals surface area contributed by atoms with Crippen molar-refractivity contribution in [3.63, 3.8) is 0 Å². The van der Waals surface area contributed by atoms with Crippen LogP contribution in [0.25, 0.3) is 0 Å². The molecule has 3 rings (SSSR count). The first-order chi connectivity index (χ1) is 14.7. The van der Waals surface area contributed by atoms with Gasteiger partial charge in [-0.1, -0.05) is 0 Å². The van der Waals surface area contributed by atoms with E-state index in [1.807, 2.05) is 13.8 Å². The molecule has 1 heterocycles. The Morgan fingerprint density at radius 3 is 2.19 bits per heavy atom. The molecule has 0 N–H and O–H groups in total. The number of piperidine rings is 1. The number of halogens is 2. The van der Waals surface area contributed by atoms with Crippen LogP contribution in [0.1, 0.15) is 58.5 Å². The Kier molecular flexibility index (Phi) is 7.08. The monoisotopic (exact) mass is 428 g/mol. The van der Waals surface area contributed by atoms with Gasteiger partial charge in [0.15, 0.2) is 0 Å². The molecule has 166 valence electrons. The van der Waals surface area contributed by atoms with Gasteiger partial charge in [-0.3, -0.25) is 9.59 Å². The van der Waals surface area contributed by atoms with E-state index < -0.39 is 0 Å². The average molecular weight is 429 g/mol. The van der Waals surface area contributed by atoms with Crippen molar-refractivity contribution in [3.8, 4) is 0 Å². The van der Waals surface area contributed by atoms with E-state index in [4.69, 9.17) is 0 Å². The molecule has 0 bridgehead atoms. The molecule has 1 aliphatic heterocycles. The summed E-state index contributed by atoms with van der Waals surface area (Å²) in [5, 5.41) is 0. The summed E-state index contributed by atoms with van der Waals surface area (Å²) in [6, 6.07) is 8.84. The lowest BCUT2D eigenvalue weighted by molar-refractivity contribution is 0.0555. The van der Waals surface area contributed by atoms with E-state index in [9.17, 15) is 18.4 Å². The fourth-order valence-corrected chi connectivity index (χ4v) is 4.11. The first kappa shape index (κ1) is 22.9. The van der Waals surface area contributed by atoms with Crippen LogP contribution < -0.4 is 0 Å². The van der Waals surface area contributed by atoms with E-state index in [0.717, 1.165) is 12.8 Å². The standard InChI is InChI=1S/C25H30F2N2O2/c1-16(2)29(25(31)21-8-10-23(27)18(4)13-21)15-19-6-5-11-28(14-19)24(30)20-7-9-22(26)17(3)12-20/h7-10,12-13,16,19H,5-6,11,14-15H2,1-4H3/t19-/m0/s1. The van der Waals surface area contributed by atoms with Crippen molar-refractivity contribution in [2.45, 2.75) is 46.6 Å². The summed E-state index contributed by atoms with van der Waals surface area (Å²) in [6.45, 7) is 8.94. The van der Waals surface area contributed by atoms with Crippen molar-refractivity contribution in [2.75, 3.05) is 19.6 Å². The summed E-state index contributed by atoms with van der Waals surface area (Å²) < 4.78 is 27.2. The number of rotatable bonds is 5. The summed E-state index contributed by atoms with van der Waals surface area (Å²) >= 11 is 0. The molecule has 0 radical (unpaired) electrons. The van der Waals surface area contributed by atoms with Gasteiger partial charge in [0.2, 0.25) is 0 Å². The second-order valence-electron chi connectivity index (χ2n) is 8.74. The molecule has 0 unspecified atom stereocenters. The molecule has 4 nitrogen and oxygen atoms in total. The average Bonchev–Trinajstić information content (AvgIpc) is 2.75. The van der Waals surface area contributed by atoms with E-state index >= 15 is 0 Å². The van der Waals surface area contributed by atoms with Gasteiger partial charge in [0, 0.05) is 36.8 Å². The van der Waals surface area contributed by atoms with Gasteiger partial charge < -0.3 is 9.80 Å². The Hall–Kier alpha value is -2.76. The Bertz CT molecular complexity index is 974. The normalized spacial score (nSPS) is 16.5. The minimum absolute atomic E-state index is 0.0244. The highest BCUT2D eigenvalue weighted by Gasteiger charge is 2.29. The molecule has 1 atom stereocenters. The van der Waals surface area contributed by atoms with Crippen molar-refractivity contribution >= 4 is 11.8 Å². The van der Waals surface area contributed by atoms with Crippen LogP contribution >= 0.6 is 0 Å². The minimum Gasteiger partial charge on any atom is -0.338 e. The topological polar surface area (TPSA) is 40.6 Å². The molecule has 2 aromatic rings. The van der Waals surface area contributed by atoms with Gasteiger partial charge in [0.05, 0.1) is 0 Å². The van der Waals surface area contributed by atoms with Gasteiger partial charge in [-0.15, -0.1) is 0 Å². The van der Waals surface area contributed by atoms with E-state index in [2.05, 4.69) is 0 Å². The Morgan fingerprint density at radius 2 is 1.61 bits per heavy atom. The summed E-state index contributed by atoms with van der Waals surface area (Å²) in [5.41, 5.74) is 1.85. The highest BCUT2D eigenvalue weighted by atomic mass is 19.1. The number of carbonyl (C=O) groups is 2. The van der Waals surface area contributed by atoms with Gasteiger partial charge in [0.1, 0.15) is 11.6 Å². The summed E-state index contributed by atoms with van der Waals surface area (Å²) in [5.74, 6) is -0.743. The largest absolute Gasteiger partial charge is 0.338 e. The van der Waals surface area contributed by atoms with Crippen molar-refractivity contribution in [3.05, 3.63) is 70.3 Å². The van der Waals surface area contributed by atoms with Gasteiger partial charge in [-0.25, -0.2) is 8.78 Å². The third-order valence-corrected chi connectivity index (χ3v) is 5.96. The number of amides is 2. The molecule has 2 amide bonds. The Balaban J connectivity index is 1.72. The number of aryl methyl sites for hydroxylation is 2. The molecule has 0 aromatic heterocycles. The first-order valence-electron chi connectivity index (χ1n) is 10.8. The molecular formula is C25H30F2N2O2. The van der Waals surface area contributed by atoms with Crippen LogP contribution in [0.4, 0.5) is 8.78 Å². The van der Waals surface area contributed by atoms with Crippen LogP contribution in [0, 0.1) is 31.4 Å². The third kappa shape index (κ3) is 5.30. The van der Waals surface area contributed by atoms with E-state index in [-0.39, 0.29) is 35.4 Å². The minimum atomic E-state index is -0.329. The van der Waals surface area contributed by atoms with Crippen molar-refractivity contribution in [2.24, 2.45) is 5.92 Å². The molecule has 2 aromatic carbocycles. The number of hydrogen-bond donors (Lipinski definition) is 0. The summed E-state index contributed by atoms with van der Waals surface area (Å²) in [7, 11) is 0. The smallest absolute Gasteiger partial charge is 0.254 e. The fraction of sp³-hybridized carbons (Fsp3) is 0.440. The first-order valence-corrected chi connectivity index (χ1v) is 10.8.